The number of hydrogen-bond acceptors (Lipinski definition) is 4. The molecule has 7 heteroatoms. The summed E-state index contributed by atoms with van der Waals surface area (Å²) in [5, 5.41) is 20.0. The first kappa shape index (κ1) is 14.2. The van der Waals surface area contributed by atoms with Crippen molar-refractivity contribution in [1.29, 1.82) is 0 Å². The number of H-pyrrole nitrogens is 1. The third kappa shape index (κ3) is 4.17. The van der Waals surface area contributed by atoms with E-state index < -0.39 is 11.9 Å². The van der Waals surface area contributed by atoms with Crippen LogP contribution in [0, 0.1) is 0 Å². The Balaban J connectivity index is 2.32. The summed E-state index contributed by atoms with van der Waals surface area (Å²) in [7, 11) is 0. The summed E-state index contributed by atoms with van der Waals surface area (Å²) in [6.07, 6.45) is 4.55. The van der Waals surface area contributed by atoms with Crippen LogP contribution in [0.25, 0.3) is 0 Å². The predicted octanol–water partition coefficient (Wildman–Crippen LogP) is 0.390. The molecule has 0 aliphatic heterocycles. The molecule has 1 rings (SSSR count). The van der Waals surface area contributed by atoms with Crippen molar-refractivity contribution in [2.75, 3.05) is 13.2 Å². The molecule has 0 aliphatic carbocycles. The maximum absolute atomic E-state index is 11.6. The second kappa shape index (κ2) is 7.44. The van der Waals surface area contributed by atoms with Gasteiger partial charge in [-0.2, -0.15) is 0 Å². The smallest absolute Gasteiger partial charge is 0.354 e. The van der Waals surface area contributed by atoms with Gasteiger partial charge in [0.1, 0.15) is 0 Å². The van der Waals surface area contributed by atoms with E-state index in [2.05, 4.69) is 15.3 Å². The van der Waals surface area contributed by atoms with Crippen molar-refractivity contribution in [2.24, 2.45) is 0 Å². The normalized spacial score (nSPS) is 10.3. The molecule has 0 saturated carbocycles. The van der Waals surface area contributed by atoms with Crippen molar-refractivity contribution in [3.8, 4) is 0 Å². The molecule has 0 aliphatic rings. The van der Waals surface area contributed by atoms with Gasteiger partial charge >= 0.3 is 5.97 Å². The molecule has 0 fully saturated rings. The fourth-order valence-corrected chi connectivity index (χ4v) is 1.51. The van der Waals surface area contributed by atoms with E-state index in [-0.39, 0.29) is 18.0 Å². The van der Waals surface area contributed by atoms with Crippen LogP contribution < -0.4 is 5.32 Å². The fourth-order valence-electron chi connectivity index (χ4n) is 1.51. The number of aliphatic hydroxyl groups is 1. The number of rotatable bonds is 8. The molecule has 0 aromatic carbocycles. The zero-order valence-electron chi connectivity index (χ0n) is 9.98. The number of carboxylic acid groups (broad SMARTS) is 1. The summed E-state index contributed by atoms with van der Waals surface area (Å²) >= 11 is 0. The molecule has 0 spiro atoms. The number of carbonyl (C=O) groups is 2. The Labute approximate surface area is 104 Å². The lowest BCUT2D eigenvalue weighted by Crippen LogP contribution is -2.26. The third-order valence-corrected chi connectivity index (χ3v) is 2.44. The highest BCUT2D eigenvalue weighted by Gasteiger charge is 2.18. The van der Waals surface area contributed by atoms with Gasteiger partial charge in [0, 0.05) is 13.2 Å². The Morgan fingerprint density at radius 3 is 2.67 bits per heavy atom. The van der Waals surface area contributed by atoms with Gasteiger partial charge in [0.2, 0.25) is 0 Å². The number of nitrogens with one attached hydrogen (secondary N) is 2. The molecule has 1 amide bonds. The molecule has 0 saturated heterocycles. The number of aliphatic hydroxyl groups excluding tert-OH is 1. The van der Waals surface area contributed by atoms with Gasteiger partial charge in [0.15, 0.2) is 11.4 Å². The maximum atomic E-state index is 11.6. The number of imidazole rings is 1. The molecule has 0 radical (unpaired) electrons. The van der Waals surface area contributed by atoms with Crippen LogP contribution in [-0.2, 0) is 0 Å². The van der Waals surface area contributed by atoms with E-state index in [9.17, 15) is 9.59 Å². The highest BCUT2D eigenvalue weighted by molar-refractivity contribution is 6.02. The van der Waals surface area contributed by atoms with Crippen molar-refractivity contribution in [1.82, 2.24) is 15.3 Å². The highest BCUT2D eigenvalue weighted by atomic mass is 16.4. The molecular formula is C11H17N3O4. The van der Waals surface area contributed by atoms with Crippen LogP contribution in [0.15, 0.2) is 6.33 Å². The first-order valence-corrected chi connectivity index (χ1v) is 5.82. The topological polar surface area (TPSA) is 115 Å². The van der Waals surface area contributed by atoms with E-state index in [1.165, 1.54) is 6.33 Å². The largest absolute Gasteiger partial charge is 0.477 e. The molecule has 4 N–H and O–H groups in total. The Kier molecular flexibility index (Phi) is 5.86. The summed E-state index contributed by atoms with van der Waals surface area (Å²) in [5.74, 6) is -1.70. The third-order valence-electron chi connectivity index (χ3n) is 2.44. The van der Waals surface area contributed by atoms with Crippen LogP contribution in [0.4, 0.5) is 0 Å². The van der Waals surface area contributed by atoms with Crippen LogP contribution in [0.2, 0.25) is 0 Å². The Hall–Kier alpha value is -1.89. The Morgan fingerprint density at radius 2 is 2.00 bits per heavy atom. The summed E-state index contributed by atoms with van der Waals surface area (Å²) in [6, 6.07) is 0. The van der Waals surface area contributed by atoms with Crippen LogP contribution >= 0.6 is 0 Å². The number of carboxylic acids is 1. The van der Waals surface area contributed by atoms with Crippen LogP contribution in [0.3, 0.4) is 0 Å². The number of hydrogen-bond donors (Lipinski definition) is 4. The SMILES string of the molecule is O=C(NCCCCCCO)c1nc[nH]c1C(=O)O. The molecule has 0 atom stereocenters. The average Bonchev–Trinajstić information content (AvgIpc) is 2.82. The lowest BCUT2D eigenvalue weighted by Gasteiger charge is -2.03. The van der Waals surface area contributed by atoms with E-state index >= 15 is 0 Å². The summed E-state index contributed by atoms with van der Waals surface area (Å²) < 4.78 is 0. The van der Waals surface area contributed by atoms with Gasteiger partial charge in [0.25, 0.3) is 5.91 Å². The standard InChI is InChI=1S/C11H17N3O4/c15-6-4-2-1-3-5-12-10(16)8-9(11(17)18)14-7-13-8/h7,15H,1-6H2,(H,12,16)(H,13,14)(H,17,18). The zero-order valence-corrected chi connectivity index (χ0v) is 9.98. The van der Waals surface area contributed by atoms with Crippen LogP contribution in [0.5, 0.6) is 0 Å². The lowest BCUT2D eigenvalue weighted by atomic mass is 10.2. The van der Waals surface area contributed by atoms with E-state index in [0.29, 0.717) is 6.54 Å². The van der Waals surface area contributed by atoms with Crippen LogP contribution in [0.1, 0.15) is 46.7 Å². The van der Waals surface area contributed by atoms with Crippen molar-refractivity contribution < 1.29 is 19.8 Å². The zero-order chi connectivity index (χ0) is 13.4. The second-order valence-corrected chi connectivity index (χ2v) is 3.83. The molecule has 1 aromatic heterocycles. The van der Waals surface area contributed by atoms with Gasteiger partial charge in [-0.15, -0.1) is 0 Å². The second-order valence-electron chi connectivity index (χ2n) is 3.83. The highest BCUT2D eigenvalue weighted by Crippen LogP contribution is 2.03. The van der Waals surface area contributed by atoms with E-state index in [0.717, 1.165) is 25.7 Å². The maximum Gasteiger partial charge on any atom is 0.354 e. The predicted molar refractivity (Wildman–Crippen MR) is 63.4 cm³/mol. The molecule has 100 valence electrons. The number of carbonyl (C=O) groups excluding carboxylic acids is 1. The van der Waals surface area contributed by atoms with E-state index in [4.69, 9.17) is 10.2 Å². The van der Waals surface area contributed by atoms with Gasteiger partial charge in [-0.3, -0.25) is 4.79 Å². The Morgan fingerprint density at radius 1 is 1.28 bits per heavy atom. The monoisotopic (exact) mass is 255 g/mol. The Bertz CT molecular complexity index is 403. The van der Waals surface area contributed by atoms with E-state index in [1.807, 2.05) is 0 Å². The summed E-state index contributed by atoms with van der Waals surface area (Å²) in [4.78, 5) is 28.5. The minimum atomic E-state index is -1.21. The quantitative estimate of drug-likeness (QED) is 0.501. The van der Waals surface area contributed by atoms with Crippen molar-refractivity contribution in [3.05, 3.63) is 17.7 Å². The number of aromatic nitrogens is 2. The minimum absolute atomic E-state index is 0.0992. The van der Waals surface area contributed by atoms with Gasteiger partial charge < -0.3 is 20.5 Å². The molecule has 7 nitrogen and oxygen atoms in total. The first-order chi connectivity index (χ1) is 8.66. The number of aromatic amines is 1. The minimum Gasteiger partial charge on any atom is -0.477 e. The molecule has 0 unspecified atom stereocenters. The average molecular weight is 255 g/mol. The van der Waals surface area contributed by atoms with Gasteiger partial charge in [-0.25, -0.2) is 9.78 Å². The number of nitrogens with zero attached hydrogens (tertiary/aromatic N) is 1. The number of aromatic carboxylic acids is 1. The molecule has 0 bridgehead atoms. The summed E-state index contributed by atoms with van der Waals surface area (Å²) in [6.45, 7) is 0.651. The van der Waals surface area contributed by atoms with Crippen LogP contribution in [-0.4, -0.2) is 45.2 Å². The number of unbranched alkanes of at least 4 members (excludes halogenated alkanes) is 3. The fraction of sp³-hybridized carbons (Fsp3) is 0.545. The van der Waals surface area contributed by atoms with Gasteiger partial charge in [-0.05, 0) is 12.8 Å². The van der Waals surface area contributed by atoms with Gasteiger partial charge in [-0.1, -0.05) is 12.8 Å². The van der Waals surface area contributed by atoms with Gasteiger partial charge in [0.05, 0.1) is 6.33 Å². The van der Waals surface area contributed by atoms with Crippen molar-refractivity contribution in [2.45, 2.75) is 25.7 Å². The lowest BCUT2D eigenvalue weighted by molar-refractivity contribution is 0.0685. The first-order valence-electron chi connectivity index (χ1n) is 5.82. The van der Waals surface area contributed by atoms with Crippen molar-refractivity contribution in [3.63, 3.8) is 0 Å². The molecule has 18 heavy (non-hydrogen) atoms. The van der Waals surface area contributed by atoms with Crippen molar-refractivity contribution >= 4 is 11.9 Å². The molecular weight excluding hydrogens is 238 g/mol. The molecule has 1 heterocycles. The molecule has 1 aromatic rings. The van der Waals surface area contributed by atoms with E-state index in [1.54, 1.807) is 0 Å². The summed E-state index contributed by atoms with van der Waals surface area (Å²) in [5.41, 5.74) is -0.300. The number of amides is 1.